The molecule has 1 saturated heterocycles. The molecule has 0 amide bonds. The van der Waals surface area contributed by atoms with E-state index in [-0.39, 0.29) is 18.3 Å². The molecule has 2 aromatic rings. The topological polar surface area (TPSA) is 27.7 Å². The number of ether oxygens (including phenoxy) is 3. The first-order valence-electron chi connectivity index (χ1n) is 12.7. The maximum Gasteiger partial charge on any atom is 0.429 e. The molecule has 38 heavy (non-hydrogen) atoms. The Kier molecular flexibility index (Phi) is 9.07. The van der Waals surface area contributed by atoms with Crippen LogP contribution in [0.2, 0.25) is 0 Å². The van der Waals surface area contributed by atoms with E-state index in [1.807, 2.05) is 0 Å². The first kappa shape index (κ1) is 28.1. The first-order valence-corrected chi connectivity index (χ1v) is 12.7. The van der Waals surface area contributed by atoms with Gasteiger partial charge in [0.25, 0.3) is 0 Å². The zero-order valence-corrected chi connectivity index (χ0v) is 20.9. The molecule has 2 atom stereocenters. The maximum absolute atomic E-state index is 14.8. The molecule has 2 unspecified atom stereocenters. The highest BCUT2D eigenvalue weighted by Crippen LogP contribution is 2.39. The second-order valence-electron chi connectivity index (χ2n) is 10.0. The van der Waals surface area contributed by atoms with Crippen LogP contribution in [0, 0.1) is 23.5 Å². The lowest BCUT2D eigenvalue weighted by Gasteiger charge is -2.29. The quantitative estimate of drug-likeness (QED) is 0.190. The molecule has 2 aromatic carbocycles. The fourth-order valence-corrected chi connectivity index (χ4v) is 4.95. The Balaban J connectivity index is 1.35. The average Bonchev–Trinajstić information content (AvgIpc) is 2.87. The fraction of sp³-hybridized carbons (Fsp3) is 0.448. The van der Waals surface area contributed by atoms with Gasteiger partial charge in [-0.2, -0.15) is 17.6 Å². The van der Waals surface area contributed by atoms with Gasteiger partial charge in [0.05, 0.1) is 11.7 Å². The van der Waals surface area contributed by atoms with E-state index in [9.17, 15) is 26.3 Å². The second-order valence-corrected chi connectivity index (χ2v) is 10.0. The second kappa shape index (κ2) is 12.3. The van der Waals surface area contributed by atoms with Gasteiger partial charge in [-0.15, -0.1) is 0 Å². The van der Waals surface area contributed by atoms with Crippen LogP contribution >= 0.6 is 0 Å². The minimum Gasteiger partial charge on any atom is -0.456 e. The van der Waals surface area contributed by atoms with Crippen LogP contribution in [-0.2, 0) is 10.8 Å². The van der Waals surface area contributed by atoms with Crippen LogP contribution in [0.15, 0.2) is 60.9 Å². The van der Waals surface area contributed by atoms with Gasteiger partial charge in [0.1, 0.15) is 11.6 Å². The van der Waals surface area contributed by atoms with Gasteiger partial charge in [-0.3, -0.25) is 0 Å². The SMILES string of the molecule is CC1CCC(/C=C/C2CCC(c3ccc(C(F)(F)Oc4ccc(OC=C(F)F)c(F)c4)c(F)c3)CC2)OC1. The molecular weight excluding hydrogens is 510 g/mol. The Labute approximate surface area is 218 Å². The number of hydrogen-bond acceptors (Lipinski definition) is 3. The van der Waals surface area contributed by atoms with Crippen molar-refractivity contribution in [2.24, 2.45) is 11.8 Å². The molecule has 1 aliphatic carbocycles. The highest BCUT2D eigenvalue weighted by atomic mass is 19.3. The summed E-state index contributed by atoms with van der Waals surface area (Å²) < 4.78 is 97.3. The summed E-state index contributed by atoms with van der Waals surface area (Å²) in [7, 11) is 0. The van der Waals surface area contributed by atoms with Crippen LogP contribution in [0.3, 0.4) is 0 Å². The summed E-state index contributed by atoms with van der Waals surface area (Å²) in [4.78, 5) is 0. The highest BCUT2D eigenvalue weighted by molar-refractivity contribution is 5.35. The molecular formula is C29H30F6O3. The van der Waals surface area contributed by atoms with Crippen molar-refractivity contribution in [1.29, 1.82) is 0 Å². The lowest BCUT2D eigenvalue weighted by Crippen LogP contribution is -2.24. The summed E-state index contributed by atoms with van der Waals surface area (Å²) in [5.41, 5.74) is -0.336. The van der Waals surface area contributed by atoms with Crippen molar-refractivity contribution < 1.29 is 40.6 Å². The van der Waals surface area contributed by atoms with Crippen molar-refractivity contribution in [2.75, 3.05) is 6.61 Å². The lowest BCUT2D eigenvalue weighted by atomic mass is 9.78. The van der Waals surface area contributed by atoms with Gasteiger partial charge in [-0.1, -0.05) is 25.1 Å². The smallest absolute Gasteiger partial charge is 0.429 e. The number of hydrogen-bond donors (Lipinski definition) is 0. The molecule has 4 rings (SSSR count). The standard InChI is InChI=1S/C29H30F6O3/c1-18-2-9-22(36-16-18)10-5-19-3-6-20(7-4-19)21-8-12-24(25(30)14-21)29(34,35)38-23-11-13-27(26(31)15-23)37-17-28(32)33/h5,8,10-15,17-20,22H,2-4,6-7,9,16H2,1H3/b10-5+. The third-order valence-corrected chi connectivity index (χ3v) is 7.11. The van der Waals surface area contributed by atoms with Gasteiger partial charge in [0.15, 0.2) is 17.8 Å². The van der Waals surface area contributed by atoms with E-state index in [0.717, 1.165) is 69.4 Å². The molecule has 2 fully saturated rings. The predicted molar refractivity (Wildman–Crippen MR) is 130 cm³/mol. The Morgan fingerprint density at radius 3 is 2.32 bits per heavy atom. The van der Waals surface area contributed by atoms with Crippen molar-refractivity contribution in [2.45, 2.75) is 63.6 Å². The van der Waals surface area contributed by atoms with Gasteiger partial charge in [0, 0.05) is 12.7 Å². The Morgan fingerprint density at radius 1 is 0.921 bits per heavy atom. The van der Waals surface area contributed by atoms with Crippen molar-refractivity contribution in [1.82, 2.24) is 0 Å². The first-order chi connectivity index (χ1) is 18.1. The predicted octanol–water partition coefficient (Wildman–Crippen LogP) is 8.85. The van der Waals surface area contributed by atoms with Gasteiger partial charge in [-0.05, 0) is 86.1 Å². The van der Waals surface area contributed by atoms with Crippen molar-refractivity contribution in [3.05, 3.63) is 83.7 Å². The van der Waals surface area contributed by atoms with E-state index >= 15 is 0 Å². The van der Waals surface area contributed by atoms with Crippen molar-refractivity contribution in [3.8, 4) is 11.5 Å². The zero-order chi connectivity index (χ0) is 27.3. The summed E-state index contributed by atoms with van der Waals surface area (Å²) in [5.74, 6) is -2.46. The third-order valence-electron chi connectivity index (χ3n) is 7.11. The molecule has 0 N–H and O–H groups in total. The van der Waals surface area contributed by atoms with Crippen molar-refractivity contribution >= 4 is 0 Å². The van der Waals surface area contributed by atoms with Crippen molar-refractivity contribution in [3.63, 3.8) is 0 Å². The van der Waals surface area contributed by atoms with Gasteiger partial charge in [-0.25, -0.2) is 8.78 Å². The van der Waals surface area contributed by atoms with E-state index in [1.165, 1.54) is 6.07 Å². The third kappa shape index (κ3) is 7.34. The summed E-state index contributed by atoms with van der Waals surface area (Å²) in [6.07, 6.45) is 3.93. The lowest BCUT2D eigenvalue weighted by molar-refractivity contribution is -0.187. The molecule has 1 saturated carbocycles. The largest absolute Gasteiger partial charge is 0.456 e. The summed E-state index contributed by atoms with van der Waals surface area (Å²) in [6.45, 7) is 2.97. The minimum absolute atomic E-state index is 0.0144. The summed E-state index contributed by atoms with van der Waals surface area (Å²) in [6, 6.07) is 5.89. The van der Waals surface area contributed by atoms with Gasteiger partial charge < -0.3 is 14.2 Å². The minimum atomic E-state index is -4.09. The highest BCUT2D eigenvalue weighted by Gasteiger charge is 2.38. The Hall–Kier alpha value is -2.94. The molecule has 0 radical (unpaired) electrons. The van der Waals surface area contributed by atoms with E-state index in [1.54, 1.807) is 0 Å². The fourth-order valence-electron chi connectivity index (χ4n) is 4.95. The van der Waals surface area contributed by atoms with E-state index < -0.39 is 40.9 Å². The molecule has 0 bridgehead atoms. The zero-order valence-electron chi connectivity index (χ0n) is 20.9. The monoisotopic (exact) mass is 540 g/mol. The Morgan fingerprint density at radius 2 is 1.68 bits per heavy atom. The molecule has 1 heterocycles. The molecule has 2 aliphatic rings. The van der Waals surface area contributed by atoms with E-state index in [4.69, 9.17) is 4.74 Å². The van der Waals surface area contributed by atoms with Crippen LogP contribution in [0.1, 0.15) is 62.5 Å². The number of rotatable bonds is 8. The molecule has 0 aromatic heterocycles. The van der Waals surface area contributed by atoms with Gasteiger partial charge in [0.2, 0.25) is 0 Å². The molecule has 3 nitrogen and oxygen atoms in total. The molecule has 206 valence electrons. The number of halogens is 6. The maximum atomic E-state index is 14.8. The Bertz CT molecular complexity index is 1140. The van der Waals surface area contributed by atoms with Crippen LogP contribution in [0.25, 0.3) is 0 Å². The van der Waals surface area contributed by atoms with E-state index in [0.29, 0.717) is 23.5 Å². The van der Waals surface area contributed by atoms with E-state index in [2.05, 4.69) is 28.5 Å². The van der Waals surface area contributed by atoms with Crippen LogP contribution in [0.5, 0.6) is 11.5 Å². The number of alkyl halides is 2. The summed E-state index contributed by atoms with van der Waals surface area (Å²) >= 11 is 0. The van der Waals surface area contributed by atoms with Crippen LogP contribution < -0.4 is 9.47 Å². The normalized spacial score (nSPS) is 24.3. The van der Waals surface area contributed by atoms with Gasteiger partial charge >= 0.3 is 12.2 Å². The summed E-state index contributed by atoms with van der Waals surface area (Å²) in [5, 5.41) is 0. The van der Waals surface area contributed by atoms with Crippen LogP contribution in [0.4, 0.5) is 26.3 Å². The number of benzene rings is 2. The average molecular weight is 541 g/mol. The molecule has 0 spiro atoms. The number of allylic oxidation sites excluding steroid dienone is 1. The molecule has 1 aliphatic heterocycles. The van der Waals surface area contributed by atoms with Crippen LogP contribution in [-0.4, -0.2) is 12.7 Å². The molecule has 9 heteroatoms.